The van der Waals surface area contributed by atoms with Crippen LogP contribution in [0.5, 0.6) is 0 Å². The van der Waals surface area contributed by atoms with E-state index in [9.17, 15) is 18.9 Å². The first kappa shape index (κ1) is 14.3. The average Bonchev–Trinajstić information content (AvgIpc) is 2.41. The molecule has 6 heteroatoms. The summed E-state index contributed by atoms with van der Waals surface area (Å²) in [5.41, 5.74) is 0.387. The summed E-state index contributed by atoms with van der Waals surface area (Å²) >= 11 is 0. The predicted octanol–water partition coefficient (Wildman–Crippen LogP) is 3.43. The van der Waals surface area contributed by atoms with Gasteiger partial charge in [0.05, 0.1) is 16.6 Å². The van der Waals surface area contributed by atoms with Gasteiger partial charge in [0.2, 0.25) is 0 Å². The van der Waals surface area contributed by atoms with Crippen LogP contribution in [-0.4, -0.2) is 4.92 Å². The molecule has 2 aromatic carbocycles. The van der Waals surface area contributed by atoms with Crippen molar-refractivity contribution in [3.05, 3.63) is 75.8 Å². The maximum atomic E-state index is 12.1. The molecule has 0 saturated carbocycles. The van der Waals surface area contributed by atoms with Crippen molar-refractivity contribution >= 4 is 5.69 Å². The number of hydrogen-bond acceptors (Lipinski definition) is 3. The highest BCUT2D eigenvalue weighted by atomic mass is 19.1. The third-order valence-corrected chi connectivity index (χ3v) is 2.01. The van der Waals surface area contributed by atoms with Crippen LogP contribution < -0.4 is 0 Å². The molecule has 0 aliphatic rings. The summed E-state index contributed by atoms with van der Waals surface area (Å²) < 4.78 is 24.2. The maximum Gasteiger partial charge on any atom is 0.269 e. The van der Waals surface area contributed by atoms with Gasteiger partial charge in [-0.3, -0.25) is 10.1 Å². The number of nitro groups is 1. The Morgan fingerprint density at radius 1 is 0.947 bits per heavy atom. The fraction of sp³-hybridized carbons (Fsp3) is 0. The Bertz CT molecular complexity index is 590. The van der Waals surface area contributed by atoms with Crippen molar-refractivity contribution in [3.63, 3.8) is 0 Å². The highest BCUT2D eigenvalue weighted by Crippen LogP contribution is 2.09. The van der Waals surface area contributed by atoms with Gasteiger partial charge in [-0.25, -0.2) is 8.78 Å². The molecule has 19 heavy (non-hydrogen) atoms. The van der Waals surface area contributed by atoms with Crippen molar-refractivity contribution in [1.82, 2.24) is 0 Å². The number of hydrogen-bond donors (Lipinski definition) is 0. The first-order chi connectivity index (χ1) is 9.02. The Kier molecular flexibility index (Phi) is 5.11. The van der Waals surface area contributed by atoms with Crippen LogP contribution in [0, 0.1) is 33.1 Å². The van der Waals surface area contributed by atoms with E-state index in [1.54, 1.807) is 0 Å². The lowest BCUT2D eigenvalue weighted by Gasteiger charge is -1.87. The van der Waals surface area contributed by atoms with Crippen LogP contribution in [0.4, 0.5) is 14.5 Å². The second kappa shape index (κ2) is 6.81. The van der Waals surface area contributed by atoms with E-state index in [0.29, 0.717) is 5.56 Å². The zero-order valence-electron chi connectivity index (χ0n) is 9.59. The Labute approximate surface area is 107 Å². The predicted molar refractivity (Wildman–Crippen MR) is 64.2 cm³/mol. The van der Waals surface area contributed by atoms with Crippen LogP contribution in [0.25, 0.3) is 0 Å². The first-order valence-corrected chi connectivity index (χ1v) is 5.08. The molecule has 4 nitrogen and oxygen atoms in total. The number of benzene rings is 2. The molecule has 0 N–H and O–H groups in total. The molecule has 0 aliphatic heterocycles. The van der Waals surface area contributed by atoms with E-state index in [1.807, 2.05) is 6.07 Å². The molecule has 96 valence electrons. The van der Waals surface area contributed by atoms with Gasteiger partial charge in [0, 0.05) is 12.1 Å². The number of non-ortho nitro benzene ring substituents is 1. The van der Waals surface area contributed by atoms with Crippen molar-refractivity contribution in [1.29, 1.82) is 5.26 Å². The van der Waals surface area contributed by atoms with Gasteiger partial charge in [-0.15, -0.1) is 0 Å². The molecule has 0 spiro atoms. The molecule has 2 aromatic rings. The summed E-state index contributed by atoms with van der Waals surface area (Å²) in [6.45, 7) is 0. The molecule has 0 bridgehead atoms. The van der Waals surface area contributed by atoms with Gasteiger partial charge in [-0.1, -0.05) is 0 Å². The van der Waals surface area contributed by atoms with Gasteiger partial charge in [-0.05, 0) is 36.4 Å². The highest BCUT2D eigenvalue weighted by Gasteiger charge is 2.02. The summed E-state index contributed by atoms with van der Waals surface area (Å²) in [6.07, 6.45) is 0. The standard InChI is InChI=1S/C7H4FN.C6H4FNO2/c8-7-3-1-6(5-9)2-4-7;7-5-1-3-6(4-2-5)8(9)10/h1-4H;1-4H. The molecule has 0 aliphatic carbocycles. The van der Waals surface area contributed by atoms with Gasteiger partial charge in [-0.2, -0.15) is 5.26 Å². The third-order valence-electron chi connectivity index (χ3n) is 2.01. The topological polar surface area (TPSA) is 66.9 Å². The third kappa shape index (κ3) is 4.91. The molecule has 0 saturated heterocycles. The van der Waals surface area contributed by atoms with Crippen LogP contribution in [0.3, 0.4) is 0 Å². The van der Waals surface area contributed by atoms with Crippen molar-refractivity contribution in [2.24, 2.45) is 0 Å². The molecule has 0 fully saturated rings. The van der Waals surface area contributed by atoms with Gasteiger partial charge >= 0.3 is 0 Å². The van der Waals surface area contributed by atoms with Gasteiger partial charge < -0.3 is 0 Å². The number of nitrogens with zero attached hydrogens (tertiary/aromatic N) is 2. The number of nitro benzene ring substituents is 1. The number of nitriles is 1. The number of rotatable bonds is 1. The fourth-order valence-corrected chi connectivity index (χ4v) is 1.09. The smallest absolute Gasteiger partial charge is 0.258 e. The van der Waals surface area contributed by atoms with Crippen molar-refractivity contribution in [2.45, 2.75) is 0 Å². The summed E-state index contributed by atoms with van der Waals surface area (Å²) in [7, 11) is 0. The maximum absolute atomic E-state index is 12.1. The summed E-state index contributed by atoms with van der Waals surface area (Å²) in [4.78, 5) is 9.43. The van der Waals surface area contributed by atoms with Crippen LogP contribution in [-0.2, 0) is 0 Å². The van der Waals surface area contributed by atoms with E-state index >= 15 is 0 Å². The van der Waals surface area contributed by atoms with Crippen molar-refractivity contribution in [3.8, 4) is 6.07 Å². The summed E-state index contributed by atoms with van der Waals surface area (Å²) in [5, 5.41) is 18.3. The van der Waals surface area contributed by atoms with Crippen LogP contribution in [0.1, 0.15) is 5.56 Å². The molecule has 0 amide bonds. The van der Waals surface area contributed by atoms with Crippen LogP contribution in [0.2, 0.25) is 0 Å². The van der Waals surface area contributed by atoms with E-state index in [0.717, 1.165) is 24.3 Å². The Morgan fingerprint density at radius 2 is 1.37 bits per heavy atom. The second-order valence-electron chi connectivity index (χ2n) is 3.35. The Balaban J connectivity index is 0.000000191. The molecule has 0 unspecified atom stereocenters. The SMILES string of the molecule is N#Cc1ccc(F)cc1.O=[N+]([O-])c1ccc(F)cc1. The number of halogens is 2. The van der Waals surface area contributed by atoms with Crippen LogP contribution in [0.15, 0.2) is 48.5 Å². The Hall–Kier alpha value is -2.81. The minimum Gasteiger partial charge on any atom is -0.258 e. The Morgan fingerprint density at radius 3 is 1.74 bits per heavy atom. The van der Waals surface area contributed by atoms with E-state index in [2.05, 4.69) is 0 Å². The van der Waals surface area contributed by atoms with Crippen molar-refractivity contribution in [2.75, 3.05) is 0 Å². The summed E-state index contributed by atoms with van der Waals surface area (Å²) in [6, 6.07) is 11.6. The van der Waals surface area contributed by atoms with Gasteiger partial charge in [0.1, 0.15) is 11.6 Å². The van der Waals surface area contributed by atoms with E-state index in [1.165, 1.54) is 24.3 Å². The average molecular weight is 262 g/mol. The molecular weight excluding hydrogens is 254 g/mol. The minimum atomic E-state index is -0.570. The lowest BCUT2D eigenvalue weighted by molar-refractivity contribution is -0.384. The van der Waals surface area contributed by atoms with Gasteiger partial charge in [0.25, 0.3) is 5.69 Å². The van der Waals surface area contributed by atoms with E-state index in [4.69, 9.17) is 5.26 Å². The lowest BCUT2D eigenvalue weighted by Crippen LogP contribution is -1.86. The molecule has 0 radical (unpaired) electrons. The largest absolute Gasteiger partial charge is 0.269 e. The molecule has 0 atom stereocenters. The lowest BCUT2D eigenvalue weighted by atomic mass is 10.2. The quantitative estimate of drug-likeness (QED) is 0.584. The van der Waals surface area contributed by atoms with E-state index in [-0.39, 0.29) is 11.5 Å². The van der Waals surface area contributed by atoms with Crippen LogP contribution >= 0.6 is 0 Å². The highest BCUT2D eigenvalue weighted by molar-refractivity contribution is 5.29. The fourth-order valence-electron chi connectivity index (χ4n) is 1.09. The molecule has 0 aromatic heterocycles. The van der Waals surface area contributed by atoms with Gasteiger partial charge in [0.15, 0.2) is 0 Å². The second-order valence-corrected chi connectivity index (χ2v) is 3.35. The zero-order valence-corrected chi connectivity index (χ0v) is 9.59. The molecular formula is C13H8F2N2O2. The normalized spacial score (nSPS) is 8.89. The first-order valence-electron chi connectivity index (χ1n) is 5.08. The molecule has 0 heterocycles. The summed E-state index contributed by atoms with van der Waals surface area (Å²) in [5.74, 6) is -0.778. The monoisotopic (exact) mass is 262 g/mol. The molecule has 2 rings (SSSR count). The van der Waals surface area contributed by atoms with Crippen molar-refractivity contribution < 1.29 is 13.7 Å². The van der Waals surface area contributed by atoms with E-state index < -0.39 is 10.7 Å². The minimum absolute atomic E-state index is 0.0959. The zero-order chi connectivity index (χ0) is 14.3.